The van der Waals surface area contributed by atoms with E-state index in [-0.39, 0.29) is 11.4 Å². The van der Waals surface area contributed by atoms with E-state index < -0.39 is 10.8 Å². The van der Waals surface area contributed by atoms with Gasteiger partial charge in [0, 0.05) is 26.7 Å². The molecular weight excluding hydrogens is 425 g/mol. The molecule has 8 heteroatoms. The van der Waals surface area contributed by atoms with Crippen LogP contribution in [0.25, 0.3) is 11.0 Å². The third-order valence-electron chi connectivity index (χ3n) is 3.21. The number of nitro groups is 1. The summed E-state index contributed by atoms with van der Waals surface area (Å²) in [5.74, 6) is -0.499. The summed E-state index contributed by atoms with van der Waals surface area (Å²) < 4.78 is 6.38. The molecule has 1 heterocycles. The van der Waals surface area contributed by atoms with E-state index in [2.05, 4.69) is 33.1 Å². The highest BCUT2D eigenvalue weighted by Gasteiger charge is 2.14. The maximum Gasteiger partial charge on any atom is 0.307 e. The Morgan fingerprint density at radius 1 is 1.25 bits per heavy atom. The summed E-state index contributed by atoms with van der Waals surface area (Å²) in [6.45, 7) is 0. The molecule has 0 spiro atoms. The fourth-order valence-corrected chi connectivity index (χ4v) is 2.58. The van der Waals surface area contributed by atoms with Crippen molar-refractivity contribution in [2.75, 3.05) is 0 Å². The van der Waals surface area contributed by atoms with Crippen molar-refractivity contribution in [2.45, 2.75) is 0 Å². The van der Waals surface area contributed by atoms with Crippen LogP contribution >= 0.6 is 22.6 Å². The molecule has 0 bridgehead atoms. The average Bonchev–Trinajstić information content (AvgIpc) is 2.99. The van der Waals surface area contributed by atoms with Gasteiger partial charge in [0.25, 0.3) is 5.69 Å². The minimum Gasteiger partial charge on any atom is -0.451 e. The van der Waals surface area contributed by atoms with Gasteiger partial charge in [-0.1, -0.05) is 18.2 Å². The molecule has 7 nitrogen and oxygen atoms in total. The van der Waals surface area contributed by atoms with Gasteiger partial charge in [-0.2, -0.15) is 5.10 Å². The zero-order chi connectivity index (χ0) is 17.1. The SMILES string of the molecule is O=C(N/N=C\c1ccccc1I)c1cc2cc([N+](=O)[O-])ccc2o1. The van der Waals surface area contributed by atoms with Crippen LogP contribution in [0.5, 0.6) is 0 Å². The van der Waals surface area contributed by atoms with Gasteiger partial charge in [0.15, 0.2) is 5.76 Å². The van der Waals surface area contributed by atoms with Crippen LogP contribution in [0.4, 0.5) is 5.69 Å². The van der Waals surface area contributed by atoms with E-state index >= 15 is 0 Å². The summed E-state index contributed by atoms with van der Waals surface area (Å²) in [5.41, 5.74) is 3.58. The van der Waals surface area contributed by atoms with Crippen LogP contribution < -0.4 is 5.43 Å². The minimum absolute atomic E-state index is 0.0328. The first-order valence-corrected chi connectivity index (χ1v) is 7.88. The molecule has 0 atom stereocenters. The van der Waals surface area contributed by atoms with Crippen molar-refractivity contribution < 1.29 is 14.1 Å². The number of amides is 1. The van der Waals surface area contributed by atoms with Gasteiger partial charge in [-0.05, 0) is 40.8 Å². The Balaban J connectivity index is 1.76. The highest BCUT2D eigenvalue weighted by Crippen LogP contribution is 2.24. The second-order valence-corrected chi connectivity index (χ2v) is 5.97. The Morgan fingerprint density at radius 3 is 2.79 bits per heavy atom. The van der Waals surface area contributed by atoms with Crippen LogP contribution in [0.1, 0.15) is 16.1 Å². The zero-order valence-electron chi connectivity index (χ0n) is 12.1. The predicted octanol–water partition coefficient (Wildman–Crippen LogP) is 3.71. The monoisotopic (exact) mass is 435 g/mol. The zero-order valence-corrected chi connectivity index (χ0v) is 14.3. The van der Waals surface area contributed by atoms with Gasteiger partial charge >= 0.3 is 5.91 Å². The smallest absolute Gasteiger partial charge is 0.307 e. The number of hydrazone groups is 1. The van der Waals surface area contributed by atoms with Gasteiger partial charge in [-0.25, -0.2) is 5.43 Å². The first-order valence-electron chi connectivity index (χ1n) is 6.80. The summed E-state index contributed by atoms with van der Waals surface area (Å²) in [4.78, 5) is 22.3. The lowest BCUT2D eigenvalue weighted by molar-refractivity contribution is -0.384. The number of nitro benzene ring substituents is 1. The first-order chi connectivity index (χ1) is 11.5. The van der Waals surface area contributed by atoms with Crippen molar-refractivity contribution in [1.82, 2.24) is 5.43 Å². The molecule has 0 aliphatic carbocycles. The molecule has 0 unspecified atom stereocenters. The Labute approximate surface area is 149 Å². The lowest BCUT2D eigenvalue weighted by Gasteiger charge is -1.97. The molecule has 3 aromatic rings. The molecule has 120 valence electrons. The van der Waals surface area contributed by atoms with Crippen molar-refractivity contribution in [3.8, 4) is 0 Å². The largest absolute Gasteiger partial charge is 0.451 e. The number of nitrogens with zero attached hydrogens (tertiary/aromatic N) is 2. The van der Waals surface area contributed by atoms with E-state index in [1.807, 2.05) is 24.3 Å². The van der Waals surface area contributed by atoms with Gasteiger partial charge in [-0.3, -0.25) is 14.9 Å². The highest BCUT2D eigenvalue weighted by molar-refractivity contribution is 14.1. The Kier molecular flexibility index (Phi) is 4.56. The molecule has 0 aliphatic heterocycles. The molecule has 0 saturated carbocycles. The molecule has 24 heavy (non-hydrogen) atoms. The maximum absolute atomic E-state index is 12.1. The number of carbonyl (C=O) groups is 1. The average molecular weight is 435 g/mol. The molecular formula is C16H10IN3O4. The van der Waals surface area contributed by atoms with E-state index in [1.54, 1.807) is 0 Å². The number of hydrogen-bond donors (Lipinski definition) is 1. The van der Waals surface area contributed by atoms with Crippen LogP contribution in [0.3, 0.4) is 0 Å². The topological polar surface area (TPSA) is 97.7 Å². The molecule has 1 amide bonds. The van der Waals surface area contributed by atoms with E-state index in [0.717, 1.165) is 9.13 Å². The normalized spacial score (nSPS) is 11.0. The van der Waals surface area contributed by atoms with Gasteiger partial charge in [0.05, 0.1) is 11.1 Å². The number of hydrogen-bond acceptors (Lipinski definition) is 5. The number of halogens is 1. The molecule has 0 fully saturated rings. The Morgan fingerprint density at radius 2 is 2.04 bits per heavy atom. The van der Waals surface area contributed by atoms with Gasteiger partial charge < -0.3 is 4.42 Å². The standard InChI is InChI=1S/C16H10IN3O4/c17-13-4-2-1-3-10(13)9-18-19-16(21)15-8-11-7-12(20(22)23)5-6-14(11)24-15/h1-9H,(H,19,21)/b18-9-. The summed E-state index contributed by atoms with van der Waals surface area (Å²) in [6, 6.07) is 13.2. The summed E-state index contributed by atoms with van der Waals surface area (Å²) in [7, 11) is 0. The molecule has 1 aromatic heterocycles. The number of furan rings is 1. The third kappa shape index (κ3) is 3.43. The second kappa shape index (κ2) is 6.79. The third-order valence-corrected chi connectivity index (χ3v) is 4.19. The van der Waals surface area contributed by atoms with Crippen molar-refractivity contribution in [2.24, 2.45) is 5.10 Å². The fourth-order valence-electron chi connectivity index (χ4n) is 2.05. The van der Waals surface area contributed by atoms with Crippen molar-refractivity contribution in [1.29, 1.82) is 0 Å². The van der Waals surface area contributed by atoms with Crippen LogP contribution in [0.15, 0.2) is 58.0 Å². The van der Waals surface area contributed by atoms with Crippen molar-refractivity contribution in [3.05, 3.63) is 73.5 Å². The van der Waals surface area contributed by atoms with Crippen LogP contribution in [0.2, 0.25) is 0 Å². The highest BCUT2D eigenvalue weighted by atomic mass is 127. The summed E-state index contributed by atoms with van der Waals surface area (Å²) >= 11 is 2.17. The number of benzene rings is 2. The Bertz CT molecular complexity index is 965. The quantitative estimate of drug-likeness (QED) is 0.293. The van der Waals surface area contributed by atoms with Crippen LogP contribution in [0, 0.1) is 13.7 Å². The number of rotatable bonds is 4. The summed E-state index contributed by atoms with van der Waals surface area (Å²) in [5, 5.41) is 15.1. The molecule has 0 aliphatic rings. The van der Waals surface area contributed by atoms with E-state index in [4.69, 9.17) is 4.42 Å². The molecule has 1 N–H and O–H groups in total. The lowest BCUT2D eigenvalue weighted by atomic mass is 10.2. The number of fused-ring (bicyclic) bond motifs is 1. The van der Waals surface area contributed by atoms with E-state index in [1.165, 1.54) is 30.5 Å². The number of carbonyl (C=O) groups excluding carboxylic acids is 1. The van der Waals surface area contributed by atoms with Gasteiger partial charge in [0.2, 0.25) is 0 Å². The molecule has 2 aromatic carbocycles. The van der Waals surface area contributed by atoms with Crippen LogP contribution in [-0.4, -0.2) is 17.0 Å². The van der Waals surface area contributed by atoms with E-state index in [9.17, 15) is 14.9 Å². The summed E-state index contributed by atoms with van der Waals surface area (Å²) in [6.07, 6.45) is 1.53. The minimum atomic E-state index is -0.531. The van der Waals surface area contributed by atoms with E-state index in [0.29, 0.717) is 11.0 Å². The van der Waals surface area contributed by atoms with Crippen molar-refractivity contribution >= 4 is 51.4 Å². The molecule has 0 radical (unpaired) electrons. The Hall–Kier alpha value is -2.75. The number of non-ortho nitro benzene ring substituents is 1. The first kappa shape index (κ1) is 16.1. The number of nitrogens with one attached hydrogen (secondary N) is 1. The second-order valence-electron chi connectivity index (χ2n) is 4.81. The molecule has 3 rings (SSSR count). The van der Waals surface area contributed by atoms with Gasteiger partial charge in [-0.15, -0.1) is 0 Å². The van der Waals surface area contributed by atoms with Crippen molar-refractivity contribution in [3.63, 3.8) is 0 Å². The molecule has 0 saturated heterocycles. The predicted molar refractivity (Wildman–Crippen MR) is 97.1 cm³/mol. The fraction of sp³-hybridized carbons (Fsp3) is 0. The maximum atomic E-state index is 12.1. The lowest BCUT2D eigenvalue weighted by Crippen LogP contribution is -2.16. The van der Waals surface area contributed by atoms with Crippen LogP contribution in [-0.2, 0) is 0 Å². The van der Waals surface area contributed by atoms with Gasteiger partial charge in [0.1, 0.15) is 5.58 Å².